The molecule has 1 aromatic rings. The molecule has 1 heterocycles. The summed E-state index contributed by atoms with van der Waals surface area (Å²) < 4.78 is 26.9. The highest BCUT2D eigenvalue weighted by molar-refractivity contribution is 9.11. The van der Waals surface area contributed by atoms with Crippen LogP contribution in [-0.4, -0.2) is 31.1 Å². The molecular formula is C9H13Br2NO2S2. The minimum atomic E-state index is -3.34. The monoisotopic (exact) mass is 389 g/mol. The van der Waals surface area contributed by atoms with E-state index in [1.165, 1.54) is 15.6 Å². The van der Waals surface area contributed by atoms with Gasteiger partial charge in [-0.2, -0.15) is 4.31 Å². The maximum Gasteiger partial charge on any atom is 0.244 e. The van der Waals surface area contributed by atoms with Crippen molar-refractivity contribution in [3.8, 4) is 0 Å². The van der Waals surface area contributed by atoms with E-state index in [0.29, 0.717) is 23.3 Å². The molecule has 0 aliphatic carbocycles. The highest BCUT2D eigenvalue weighted by atomic mass is 79.9. The number of hydrogen-bond acceptors (Lipinski definition) is 3. The molecule has 0 aliphatic heterocycles. The maximum absolute atomic E-state index is 12.3. The summed E-state index contributed by atoms with van der Waals surface area (Å²) in [6.07, 6.45) is 0. The van der Waals surface area contributed by atoms with Crippen molar-refractivity contribution >= 4 is 53.2 Å². The average Bonchev–Trinajstić information content (AvgIpc) is 2.54. The van der Waals surface area contributed by atoms with Crippen molar-refractivity contribution in [3.05, 3.63) is 14.7 Å². The first-order valence-corrected chi connectivity index (χ1v) is 8.92. The number of nitrogens with zero attached hydrogens (tertiary/aromatic N) is 1. The Balaban J connectivity index is 3.14. The topological polar surface area (TPSA) is 37.4 Å². The lowest BCUT2D eigenvalue weighted by atomic mass is 10.5. The minimum absolute atomic E-state index is 0.409. The standard InChI is InChI=1S/C9H13Br2NO2S2/c1-3-12(5-4-10)16(13,14)8-6-9(11)15-7(8)2/h6H,3-5H2,1-2H3. The van der Waals surface area contributed by atoms with Crippen LogP contribution in [0, 0.1) is 6.92 Å². The Hall–Kier alpha value is 0.570. The molecule has 0 amide bonds. The molecule has 0 radical (unpaired) electrons. The van der Waals surface area contributed by atoms with Crippen LogP contribution in [0.15, 0.2) is 14.7 Å². The number of alkyl halides is 1. The van der Waals surface area contributed by atoms with E-state index in [0.717, 1.165) is 8.66 Å². The second-order valence-electron chi connectivity index (χ2n) is 3.16. The molecular weight excluding hydrogens is 378 g/mol. The summed E-state index contributed by atoms with van der Waals surface area (Å²) in [5.41, 5.74) is 0. The molecule has 0 saturated heterocycles. The summed E-state index contributed by atoms with van der Waals surface area (Å²) in [6.45, 7) is 4.65. The average molecular weight is 391 g/mol. The van der Waals surface area contributed by atoms with Crippen LogP contribution in [-0.2, 0) is 10.0 Å². The van der Waals surface area contributed by atoms with Crippen LogP contribution in [0.2, 0.25) is 0 Å². The van der Waals surface area contributed by atoms with Gasteiger partial charge in [-0.25, -0.2) is 8.42 Å². The second-order valence-corrected chi connectivity index (χ2v) is 8.49. The van der Waals surface area contributed by atoms with Crippen LogP contribution in [0.25, 0.3) is 0 Å². The van der Waals surface area contributed by atoms with Gasteiger partial charge in [0.05, 0.1) is 8.68 Å². The van der Waals surface area contributed by atoms with Gasteiger partial charge < -0.3 is 0 Å². The quantitative estimate of drug-likeness (QED) is 0.723. The zero-order chi connectivity index (χ0) is 12.3. The van der Waals surface area contributed by atoms with Crippen molar-refractivity contribution in [1.29, 1.82) is 0 Å². The first kappa shape index (κ1) is 14.6. The third-order valence-corrected chi connectivity index (χ3v) is 6.28. The zero-order valence-electron chi connectivity index (χ0n) is 9.03. The van der Waals surface area contributed by atoms with Gasteiger partial charge in [-0.15, -0.1) is 11.3 Å². The second kappa shape index (κ2) is 5.95. The largest absolute Gasteiger partial charge is 0.244 e. The van der Waals surface area contributed by atoms with Crippen LogP contribution in [0.4, 0.5) is 0 Å². The lowest BCUT2D eigenvalue weighted by Gasteiger charge is -2.18. The Bertz CT molecular complexity index is 456. The van der Waals surface area contributed by atoms with Gasteiger partial charge in [0.1, 0.15) is 0 Å². The van der Waals surface area contributed by atoms with E-state index < -0.39 is 10.0 Å². The molecule has 0 unspecified atom stereocenters. The van der Waals surface area contributed by atoms with Crippen LogP contribution in [0.3, 0.4) is 0 Å². The summed E-state index contributed by atoms with van der Waals surface area (Å²) in [5.74, 6) is 0. The lowest BCUT2D eigenvalue weighted by molar-refractivity contribution is 0.448. The Kier molecular flexibility index (Phi) is 5.44. The van der Waals surface area contributed by atoms with Gasteiger partial charge >= 0.3 is 0 Å². The number of halogens is 2. The Morgan fingerprint density at radius 3 is 2.50 bits per heavy atom. The lowest BCUT2D eigenvalue weighted by Crippen LogP contribution is -2.32. The predicted octanol–water partition coefficient (Wildman–Crippen LogP) is 3.22. The molecule has 0 fully saturated rings. The van der Waals surface area contributed by atoms with Crippen LogP contribution < -0.4 is 0 Å². The van der Waals surface area contributed by atoms with Crippen molar-refractivity contribution in [3.63, 3.8) is 0 Å². The van der Waals surface area contributed by atoms with Crippen LogP contribution in [0.1, 0.15) is 11.8 Å². The fourth-order valence-corrected chi connectivity index (χ4v) is 5.86. The van der Waals surface area contributed by atoms with Gasteiger partial charge in [0, 0.05) is 23.3 Å². The van der Waals surface area contributed by atoms with E-state index in [1.54, 1.807) is 6.07 Å². The van der Waals surface area contributed by atoms with Crippen molar-refractivity contribution < 1.29 is 8.42 Å². The molecule has 0 atom stereocenters. The molecule has 7 heteroatoms. The highest BCUT2D eigenvalue weighted by Gasteiger charge is 2.25. The minimum Gasteiger partial charge on any atom is -0.207 e. The SMILES string of the molecule is CCN(CCBr)S(=O)(=O)c1cc(Br)sc1C. The molecule has 3 nitrogen and oxygen atoms in total. The van der Waals surface area contributed by atoms with Gasteiger partial charge in [0.2, 0.25) is 10.0 Å². The Morgan fingerprint density at radius 1 is 1.50 bits per heavy atom. The van der Waals surface area contributed by atoms with E-state index in [4.69, 9.17) is 0 Å². The molecule has 0 spiro atoms. The number of sulfonamides is 1. The van der Waals surface area contributed by atoms with Crippen molar-refractivity contribution in [2.24, 2.45) is 0 Å². The van der Waals surface area contributed by atoms with Gasteiger partial charge in [0.15, 0.2) is 0 Å². The molecule has 0 aliphatic rings. The third kappa shape index (κ3) is 3.07. The molecule has 1 rings (SSSR count). The predicted molar refractivity (Wildman–Crippen MR) is 75.0 cm³/mol. The normalized spacial score (nSPS) is 12.3. The molecule has 16 heavy (non-hydrogen) atoms. The van der Waals surface area contributed by atoms with E-state index in [2.05, 4.69) is 31.9 Å². The Morgan fingerprint density at radius 2 is 2.12 bits per heavy atom. The molecule has 0 N–H and O–H groups in total. The van der Waals surface area contributed by atoms with E-state index >= 15 is 0 Å². The summed E-state index contributed by atoms with van der Waals surface area (Å²) in [5, 5.41) is 0.643. The number of thiophene rings is 1. The van der Waals surface area contributed by atoms with Gasteiger partial charge in [-0.05, 0) is 28.9 Å². The van der Waals surface area contributed by atoms with Crippen molar-refractivity contribution in [2.45, 2.75) is 18.7 Å². The van der Waals surface area contributed by atoms with Crippen LogP contribution in [0.5, 0.6) is 0 Å². The molecule has 92 valence electrons. The molecule has 0 aromatic carbocycles. The van der Waals surface area contributed by atoms with E-state index in [1.807, 2.05) is 13.8 Å². The first-order valence-electron chi connectivity index (χ1n) is 4.75. The Labute approximate surface area is 117 Å². The summed E-state index contributed by atoms with van der Waals surface area (Å²) in [4.78, 5) is 1.23. The molecule has 0 saturated carbocycles. The highest BCUT2D eigenvalue weighted by Crippen LogP contribution is 2.31. The molecule has 1 aromatic heterocycles. The number of aryl methyl sites for hydroxylation is 1. The van der Waals surface area contributed by atoms with E-state index in [9.17, 15) is 8.42 Å². The van der Waals surface area contributed by atoms with E-state index in [-0.39, 0.29) is 0 Å². The smallest absolute Gasteiger partial charge is 0.207 e. The first-order chi connectivity index (χ1) is 7.43. The van der Waals surface area contributed by atoms with Crippen molar-refractivity contribution in [2.75, 3.05) is 18.4 Å². The number of hydrogen-bond donors (Lipinski definition) is 0. The summed E-state index contributed by atoms with van der Waals surface area (Å²) >= 11 is 8.02. The summed E-state index contributed by atoms with van der Waals surface area (Å²) in [6, 6.07) is 1.67. The van der Waals surface area contributed by atoms with Gasteiger partial charge in [-0.3, -0.25) is 0 Å². The van der Waals surface area contributed by atoms with Gasteiger partial charge in [0.25, 0.3) is 0 Å². The molecule has 0 bridgehead atoms. The summed E-state index contributed by atoms with van der Waals surface area (Å²) in [7, 11) is -3.34. The fraction of sp³-hybridized carbons (Fsp3) is 0.556. The maximum atomic E-state index is 12.3. The third-order valence-electron chi connectivity index (χ3n) is 2.15. The zero-order valence-corrected chi connectivity index (χ0v) is 13.8. The number of rotatable bonds is 5. The van der Waals surface area contributed by atoms with Crippen LogP contribution >= 0.6 is 43.2 Å². The van der Waals surface area contributed by atoms with Crippen molar-refractivity contribution in [1.82, 2.24) is 4.31 Å². The van der Waals surface area contributed by atoms with Gasteiger partial charge in [-0.1, -0.05) is 22.9 Å². The fourth-order valence-electron chi connectivity index (χ4n) is 1.37.